The van der Waals surface area contributed by atoms with Gasteiger partial charge in [0.05, 0.1) is 12.6 Å². The minimum atomic E-state index is -0.597. The Labute approximate surface area is 134 Å². The summed E-state index contributed by atoms with van der Waals surface area (Å²) >= 11 is 0. The fourth-order valence-corrected chi connectivity index (χ4v) is 2.96. The number of aliphatic hydroxyl groups is 1. The largest absolute Gasteiger partial charge is 0.392 e. The molecule has 7 nitrogen and oxygen atoms in total. The number of hydrogen-bond acceptors (Lipinski definition) is 5. The lowest BCUT2D eigenvalue weighted by Gasteiger charge is -2.32. The first-order valence-corrected chi connectivity index (χ1v) is 7.77. The van der Waals surface area contributed by atoms with Gasteiger partial charge < -0.3 is 10.8 Å². The van der Waals surface area contributed by atoms with E-state index >= 15 is 0 Å². The molecule has 0 radical (unpaired) electrons. The van der Waals surface area contributed by atoms with Crippen LogP contribution in [0, 0.1) is 0 Å². The molecule has 0 unspecified atom stereocenters. The number of rotatable bonds is 5. The highest BCUT2D eigenvalue weighted by molar-refractivity contribution is 5.88. The molecule has 3 N–H and O–H groups in total. The van der Waals surface area contributed by atoms with Crippen molar-refractivity contribution in [3.8, 4) is 0 Å². The maximum Gasteiger partial charge on any atom is 0.288 e. The molecule has 122 valence electrons. The van der Waals surface area contributed by atoms with E-state index in [0.29, 0.717) is 0 Å². The van der Waals surface area contributed by atoms with Crippen molar-refractivity contribution in [1.29, 1.82) is 0 Å². The molecule has 0 saturated carbocycles. The monoisotopic (exact) mass is 315 g/mol. The molecule has 1 amide bonds. The Morgan fingerprint density at radius 3 is 2.70 bits per heavy atom. The Hall–Kier alpha value is -2.25. The Morgan fingerprint density at radius 1 is 1.30 bits per heavy atom. The number of piperidine rings is 1. The SMILES string of the molecule is NC(=O)c1ncn([C@@H]2CCCN(Cc3ccc(CO)cc3)C2)n1. The van der Waals surface area contributed by atoms with E-state index in [4.69, 9.17) is 10.8 Å². The van der Waals surface area contributed by atoms with E-state index in [1.807, 2.05) is 12.1 Å². The minimum absolute atomic E-state index is 0.0700. The third-order valence-corrected chi connectivity index (χ3v) is 4.20. The van der Waals surface area contributed by atoms with Gasteiger partial charge in [0.25, 0.3) is 5.91 Å². The lowest BCUT2D eigenvalue weighted by atomic mass is 10.0. The van der Waals surface area contributed by atoms with Crippen LogP contribution in [0.3, 0.4) is 0 Å². The summed E-state index contributed by atoms with van der Waals surface area (Å²) in [6.45, 7) is 2.83. The second kappa shape index (κ2) is 6.89. The summed E-state index contributed by atoms with van der Waals surface area (Å²) < 4.78 is 1.75. The Kier molecular flexibility index (Phi) is 4.68. The first-order chi connectivity index (χ1) is 11.2. The average Bonchev–Trinajstić information content (AvgIpc) is 3.06. The zero-order chi connectivity index (χ0) is 16.2. The van der Waals surface area contributed by atoms with Crippen molar-refractivity contribution in [3.63, 3.8) is 0 Å². The van der Waals surface area contributed by atoms with Gasteiger partial charge in [-0.15, -0.1) is 5.10 Å². The number of nitrogens with two attached hydrogens (primary N) is 1. The molecular formula is C16H21N5O2. The van der Waals surface area contributed by atoms with Gasteiger partial charge in [0.1, 0.15) is 6.33 Å². The Bertz CT molecular complexity index is 667. The zero-order valence-electron chi connectivity index (χ0n) is 12.9. The van der Waals surface area contributed by atoms with Crippen LogP contribution in [0.15, 0.2) is 30.6 Å². The predicted molar refractivity (Wildman–Crippen MR) is 84.5 cm³/mol. The normalized spacial score (nSPS) is 18.9. The molecule has 3 rings (SSSR count). The molecule has 1 aliphatic rings. The zero-order valence-corrected chi connectivity index (χ0v) is 12.9. The van der Waals surface area contributed by atoms with E-state index < -0.39 is 5.91 Å². The molecule has 0 bridgehead atoms. The lowest BCUT2D eigenvalue weighted by molar-refractivity contribution is 0.0989. The van der Waals surface area contributed by atoms with Crippen molar-refractivity contribution in [1.82, 2.24) is 19.7 Å². The molecule has 1 atom stereocenters. The summed E-state index contributed by atoms with van der Waals surface area (Å²) in [4.78, 5) is 17.4. The fourth-order valence-electron chi connectivity index (χ4n) is 2.96. The molecule has 1 aromatic heterocycles. The molecule has 0 spiro atoms. The van der Waals surface area contributed by atoms with Crippen LogP contribution in [0.2, 0.25) is 0 Å². The van der Waals surface area contributed by atoms with Gasteiger partial charge in [-0.05, 0) is 30.5 Å². The highest BCUT2D eigenvalue weighted by Gasteiger charge is 2.23. The summed E-state index contributed by atoms with van der Waals surface area (Å²) in [5.74, 6) is -0.526. The Balaban J connectivity index is 1.63. The van der Waals surface area contributed by atoms with E-state index in [-0.39, 0.29) is 18.5 Å². The van der Waals surface area contributed by atoms with Crippen molar-refractivity contribution in [2.75, 3.05) is 13.1 Å². The van der Waals surface area contributed by atoms with E-state index in [0.717, 1.165) is 38.0 Å². The van der Waals surface area contributed by atoms with Gasteiger partial charge in [0.2, 0.25) is 5.82 Å². The van der Waals surface area contributed by atoms with Crippen LogP contribution in [0.5, 0.6) is 0 Å². The lowest BCUT2D eigenvalue weighted by Crippen LogP contribution is -2.36. The van der Waals surface area contributed by atoms with Crippen LogP contribution >= 0.6 is 0 Å². The van der Waals surface area contributed by atoms with Crippen LogP contribution < -0.4 is 5.73 Å². The molecule has 0 aliphatic carbocycles. The first-order valence-electron chi connectivity index (χ1n) is 7.77. The van der Waals surface area contributed by atoms with Gasteiger partial charge in [-0.25, -0.2) is 9.67 Å². The summed E-state index contributed by atoms with van der Waals surface area (Å²) in [5.41, 5.74) is 7.35. The summed E-state index contributed by atoms with van der Waals surface area (Å²) in [6.07, 6.45) is 3.68. The van der Waals surface area contributed by atoms with Gasteiger partial charge in [-0.3, -0.25) is 9.69 Å². The number of aliphatic hydroxyl groups excluding tert-OH is 1. The number of benzene rings is 1. The number of carbonyl (C=O) groups excluding carboxylic acids is 1. The van der Waals surface area contributed by atoms with Gasteiger partial charge in [0.15, 0.2) is 0 Å². The molecule has 1 aliphatic heterocycles. The van der Waals surface area contributed by atoms with E-state index in [1.165, 1.54) is 5.56 Å². The highest BCUT2D eigenvalue weighted by atomic mass is 16.3. The fraction of sp³-hybridized carbons (Fsp3) is 0.438. The maximum absolute atomic E-state index is 11.1. The highest BCUT2D eigenvalue weighted by Crippen LogP contribution is 2.22. The molecular weight excluding hydrogens is 294 g/mol. The standard InChI is InChI=1S/C16H21N5O2/c17-15(23)16-18-11-21(19-16)14-2-1-7-20(9-14)8-12-3-5-13(10-22)6-4-12/h3-6,11,14,22H,1-2,7-10H2,(H2,17,23)/t14-/m1/s1. The van der Waals surface area contributed by atoms with E-state index in [9.17, 15) is 4.79 Å². The summed E-state index contributed by atoms with van der Waals surface area (Å²) in [7, 11) is 0. The Morgan fingerprint density at radius 2 is 2.04 bits per heavy atom. The van der Waals surface area contributed by atoms with Crippen molar-refractivity contribution >= 4 is 5.91 Å². The van der Waals surface area contributed by atoms with Crippen molar-refractivity contribution in [3.05, 3.63) is 47.5 Å². The van der Waals surface area contributed by atoms with Gasteiger partial charge in [0, 0.05) is 13.1 Å². The number of hydrogen-bond donors (Lipinski definition) is 2. The molecule has 7 heteroatoms. The van der Waals surface area contributed by atoms with Crippen molar-refractivity contribution in [2.45, 2.75) is 32.0 Å². The van der Waals surface area contributed by atoms with Crippen LogP contribution in [0.4, 0.5) is 0 Å². The number of nitrogens with zero attached hydrogens (tertiary/aromatic N) is 4. The van der Waals surface area contributed by atoms with Gasteiger partial charge >= 0.3 is 0 Å². The number of carbonyl (C=O) groups is 1. The molecule has 23 heavy (non-hydrogen) atoms. The number of aromatic nitrogens is 3. The minimum Gasteiger partial charge on any atom is -0.392 e. The van der Waals surface area contributed by atoms with Crippen LogP contribution in [0.25, 0.3) is 0 Å². The molecule has 1 fully saturated rings. The smallest absolute Gasteiger partial charge is 0.288 e. The predicted octanol–water partition coefficient (Wildman–Crippen LogP) is 0.706. The number of primary amides is 1. The van der Waals surface area contributed by atoms with Crippen molar-refractivity contribution < 1.29 is 9.90 Å². The summed E-state index contributed by atoms with van der Waals surface area (Å²) in [6, 6.07) is 8.22. The first kappa shape index (κ1) is 15.6. The van der Waals surface area contributed by atoms with Gasteiger partial charge in [-0.2, -0.15) is 0 Å². The third kappa shape index (κ3) is 3.75. The average molecular weight is 315 g/mol. The topological polar surface area (TPSA) is 97.3 Å². The molecule has 2 aromatic rings. The third-order valence-electron chi connectivity index (χ3n) is 4.20. The quantitative estimate of drug-likeness (QED) is 0.847. The van der Waals surface area contributed by atoms with Crippen LogP contribution in [-0.4, -0.2) is 43.8 Å². The van der Waals surface area contributed by atoms with Gasteiger partial charge in [-0.1, -0.05) is 24.3 Å². The second-order valence-corrected chi connectivity index (χ2v) is 5.92. The molecule has 2 heterocycles. The van der Waals surface area contributed by atoms with Crippen molar-refractivity contribution in [2.24, 2.45) is 5.73 Å². The summed E-state index contributed by atoms with van der Waals surface area (Å²) in [5, 5.41) is 13.3. The number of amides is 1. The molecule has 1 aromatic carbocycles. The van der Waals surface area contributed by atoms with Crippen LogP contribution in [0.1, 0.15) is 40.6 Å². The van der Waals surface area contributed by atoms with E-state index in [2.05, 4.69) is 27.1 Å². The van der Waals surface area contributed by atoms with Crippen LogP contribution in [-0.2, 0) is 13.2 Å². The van der Waals surface area contributed by atoms with E-state index in [1.54, 1.807) is 11.0 Å². The molecule has 1 saturated heterocycles. The maximum atomic E-state index is 11.1. The second-order valence-electron chi connectivity index (χ2n) is 5.92. The number of likely N-dealkylation sites (tertiary alicyclic amines) is 1.